The number of carbonyl (C=O) groups excluding carboxylic acids is 2. The number of Topliss-reactive ketones (excluding diaryl/α,β-unsaturated/α-hetero) is 1. The molecule has 0 heterocycles. The van der Waals surface area contributed by atoms with Crippen LogP contribution in [-0.2, 0) is 20.7 Å². The molecule has 1 aromatic rings. The Bertz CT molecular complexity index is 754. The first-order valence-electron chi connectivity index (χ1n) is 12.6. The van der Waals surface area contributed by atoms with Crippen molar-refractivity contribution >= 4 is 23.5 Å². The number of unbranched alkanes of at least 4 members (excludes halogenated alkanes) is 3. The number of hydrogen-bond acceptors (Lipinski definition) is 5. The Morgan fingerprint density at radius 1 is 1.12 bits per heavy atom. The quantitative estimate of drug-likeness (QED) is 0.252. The van der Waals surface area contributed by atoms with Gasteiger partial charge in [0.05, 0.1) is 12.2 Å². The molecule has 1 aliphatic carbocycles. The average molecular weight is 477 g/mol. The highest BCUT2D eigenvalue weighted by Crippen LogP contribution is 2.42. The van der Waals surface area contributed by atoms with Crippen LogP contribution in [0, 0.1) is 18.3 Å². The second kappa shape index (κ2) is 12.9. The summed E-state index contributed by atoms with van der Waals surface area (Å²) in [5, 5.41) is 11.7. The summed E-state index contributed by atoms with van der Waals surface area (Å²) in [6, 6.07) is 8.55. The lowest BCUT2D eigenvalue weighted by molar-refractivity contribution is -0.143. The van der Waals surface area contributed by atoms with Gasteiger partial charge in [0, 0.05) is 29.8 Å². The molecule has 2 rings (SSSR count). The third-order valence-electron chi connectivity index (χ3n) is 7.29. The van der Waals surface area contributed by atoms with E-state index in [1.165, 1.54) is 11.1 Å². The lowest BCUT2D eigenvalue weighted by atomic mass is 9.73. The van der Waals surface area contributed by atoms with Crippen molar-refractivity contribution in [2.45, 2.75) is 103 Å². The highest BCUT2D eigenvalue weighted by molar-refractivity contribution is 8.00. The third-order valence-corrected chi connectivity index (χ3v) is 9.01. The van der Waals surface area contributed by atoms with Crippen molar-refractivity contribution in [2.75, 3.05) is 12.4 Å². The van der Waals surface area contributed by atoms with E-state index in [1.807, 2.05) is 13.8 Å². The number of thioether (sulfide) groups is 1. The van der Waals surface area contributed by atoms with Gasteiger partial charge in [-0.05, 0) is 57.4 Å². The first kappa shape index (κ1) is 27.9. The molecule has 0 aromatic heterocycles. The Hall–Kier alpha value is -1.33. The van der Waals surface area contributed by atoms with Gasteiger partial charge in [-0.25, -0.2) is 0 Å². The molecule has 1 aliphatic rings. The van der Waals surface area contributed by atoms with E-state index in [1.54, 1.807) is 11.8 Å². The van der Waals surface area contributed by atoms with Gasteiger partial charge in [-0.3, -0.25) is 9.59 Å². The minimum Gasteiger partial charge on any atom is -0.466 e. The van der Waals surface area contributed by atoms with Crippen LogP contribution >= 0.6 is 11.8 Å². The van der Waals surface area contributed by atoms with E-state index >= 15 is 0 Å². The summed E-state index contributed by atoms with van der Waals surface area (Å²) in [7, 11) is 0. The Kier molecular flexibility index (Phi) is 10.9. The number of rotatable bonds is 14. The molecule has 0 spiro atoms. The summed E-state index contributed by atoms with van der Waals surface area (Å²) < 4.78 is 4.97. The van der Waals surface area contributed by atoms with Crippen LogP contribution in [0.25, 0.3) is 0 Å². The van der Waals surface area contributed by atoms with Crippen molar-refractivity contribution in [3.05, 3.63) is 35.4 Å². The van der Waals surface area contributed by atoms with Gasteiger partial charge in [-0.1, -0.05) is 62.9 Å². The fourth-order valence-electron chi connectivity index (χ4n) is 4.52. The van der Waals surface area contributed by atoms with Gasteiger partial charge in [-0.2, -0.15) is 11.8 Å². The van der Waals surface area contributed by atoms with Crippen molar-refractivity contribution < 1.29 is 19.4 Å². The van der Waals surface area contributed by atoms with Gasteiger partial charge in [0.15, 0.2) is 0 Å². The lowest BCUT2D eigenvalue weighted by Gasteiger charge is -2.41. The van der Waals surface area contributed by atoms with Crippen LogP contribution in [0.15, 0.2) is 24.3 Å². The SMILES string of the molecule is CCOC(=O)CCCCCCC1C(=O)CCC1SCC(C)(O)C(C)(C)Cc1ccc(C)cc1. The first-order chi connectivity index (χ1) is 15.6. The van der Waals surface area contributed by atoms with Crippen LogP contribution < -0.4 is 0 Å². The molecule has 5 heteroatoms. The van der Waals surface area contributed by atoms with Crippen molar-refractivity contribution in [1.82, 2.24) is 0 Å². The Labute approximate surface area is 205 Å². The molecule has 3 atom stereocenters. The summed E-state index contributed by atoms with van der Waals surface area (Å²) in [6.07, 6.45) is 7.74. The van der Waals surface area contributed by atoms with E-state index in [0.717, 1.165) is 44.9 Å². The topological polar surface area (TPSA) is 63.6 Å². The molecule has 1 fully saturated rings. The maximum Gasteiger partial charge on any atom is 0.305 e. The zero-order valence-corrected chi connectivity index (χ0v) is 22.1. The summed E-state index contributed by atoms with van der Waals surface area (Å²) in [5.74, 6) is 1.02. The molecule has 1 N–H and O–H groups in total. The summed E-state index contributed by atoms with van der Waals surface area (Å²) >= 11 is 1.79. The molecule has 0 radical (unpaired) electrons. The van der Waals surface area contributed by atoms with Crippen molar-refractivity contribution in [2.24, 2.45) is 11.3 Å². The molecule has 33 heavy (non-hydrogen) atoms. The second-order valence-corrected chi connectivity index (χ2v) is 11.8. The molecule has 0 saturated heterocycles. The number of aliphatic hydroxyl groups is 1. The van der Waals surface area contributed by atoms with Crippen molar-refractivity contribution in [3.63, 3.8) is 0 Å². The second-order valence-electron chi connectivity index (χ2n) is 10.5. The van der Waals surface area contributed by atoms with Gasteiger partial charge in [-0.15, -0.1) is 0 Å². The normalized spacial score (nSPS) is 20.6. The number of ether oxygens (including phenoxy) is 1. The zero-order chi connectivity index (χ0) is 24.5. The number of hydrogen-bond donors (Lipinski definition) is 1. The van der Waals surface area contributed by atoms with E-state index in [-0.39, 0.29) is 17.3 Å². The maximum absolute atomic E-state index is 12.5. The molecule has 0 amide bonds. The van der Waals surface area contributed by atoms with Gasteiger partial charge in [0.25, 0.3) is 0 Å². The van der Waals surface area contributed by atoms with Gasteiger partial charge < -0.3 is 9.84 Å². The number of ketones is 1. The predicted octanol–water partition coefficient (Wildman–Crippen LogP) is 6.30. The molecule has 186 valence electrons. The van der Waals surface area contributed by atoms with Gasteiger partial charge in [0.2, 0.25) is 0 Å². The van der Waals surface area contributed by atoms with Crippen LogP contribution in [0.1, 0.15) is 90.2 Å². The fraction of sp³-hybridized carbons (Fsp3) is 0.714. The third kappa shape index (κ3) is 8.75. The zero-order valence-electron chi connectivity index (χ0n) is 21.3. The number of aryl methyl sites for hydroxylation is 1. The van der Waals surface area contributed by atoms with Crippen molar-refractivity contribution in [3.8, 4) is 0 Å². The molecule has 3 unspecified atom stereocenters. The van der Waals surface area contributed by atoms with E-state index in [9.17, 15) is 14.7 Å². The Morgan fingerprint density at radius 3 is 2.45 bits per heavy atom. The Morgan fingerprint density at radius 2 is 1.79 bits per heavy atom. The first-order valence-corrected chi connectivity index (χ1v) is 13.7. The molecule has 0 bridgehead atoms. The standard InChI is InChI=1S/C28H44O4S/c1-6-32-26(30)12-10-8-7-9-11-23-24(29)17-18-25(23)33-20-28(5,31)27(3,4)19-22-15-13-21(2)14-16-22/h13-16,23,25,31H,6-12,17-20H2,1-5H3. The highest BCUT2D eigenvalue weighted by atomic mass is 32.2. The summed E-state index contributed by atoms with van der Waals surface area (Å²) in [5.41, 5.74) is 1.39. The minimum absolute atomic E-state index is 0.107. The fourth-order valence-corrected chi connectivity index (χ4v) is 6.25. The minimum atomic E-state index is -0.828. The molecule has 1 aromatic carbocycles. The van der Waals surface area contributed by atoms with E-state index in [2.05, 4.69) is 45.0 Å². The average Bonchev–Trinajstić information content (AvgIpc) is 3.10. The molecular formula is C28H44O4S. The van der Waals surface area contributed by atoms with Crippen LogP contribution in [0.4, 0.5) is 0 Å². The van der Waals surface area contributed by atoms with Crippen LogP contribution in [0.5, 0.6) is 0 Å². The maximum atomic E-state index is 12.5. The number of esters is 1. The Balaban J connectivity index is 1.79. The van der Waals surface area contributed by atoms with E-state index < -0.39 is 5.60 Å². The number of carbonyl (C=O) groups is 2. The van der Waals surface area contributed by atoms with Crippen LogP contribution in [-0.4, -0.2) is 40.1 Å². The summed E-state index contributed by atoms with van der Waals surface area (Å²) in [4.78, 5) is 23.9. The molecule has 1 saturated carbocycles. The molecule has 0 aliphatic heterocycles. The van der Waals surface area contributed by atoms with Gasteiger partial charge >= 0.3 is 5.97 Å². The van der Waals surface area contributed by atoms with Gasteiger partial charge in [0.1, 0.15) is 5.78 Å². The van der Waals surface area contributed by atoms with E-state index in [0.29, 0.717) is 36.2 Å². The van der Waals surface area contributed by atoms with E-state index in [4.69, 9.17) is 4.74 Å². The van der Waals surface area contributed by atoms with Crippen LogP contribution in [0.2, 0.25) is 0 Å². The predicted molar refractivity (Wildman–Crippen MR) is 138 cm³/mol. The monoisotopic (exact) mass is 476 g/mol. The largest absolute Gasteiger partial charge is 0.466 e. The smallest absolute Gasteiger partial charge is 0.305 e. The molecule has 4 nitrogen and oxygen atoms in total. The summed E-state index contributed by atoms with van der Waals surface area (Å²) in [6.45, 7) is 10.6. The van der Waals surface area contributed by atoms with Crippen LogP contribution in [0.3, 0.4) is 0 Å². The van der Waals surface area contributed by atoms with Crippen molar-refractivity contribution in [1.29, 1.82) is 0 Å². The number of benzene rings is 1. The molecular weight excluding hydrogens is 432 g/mol. The highest BCUT2D eigenvalue weighted by Gasteiger charge is 2.42. The lowest BCUT2D eigenvalue weighted by Crippen LogP contribution is -2.46.